The van der Waals surface area contributed by atoms with E-state index in [-0.39, 0.29) is 127 Å². The molecule has 37 heteroatoms. The number of amides is 11. The maximum atomic E-state index is 14.4. The molecule has 12 N–H and O–H groups in total. The fraction of sp³-hybridized carbons (Fsp3) is 0.588. The molecule has 2 bridgehead atoms. The van der Waals surface area contributed by atoms with E-state index in [0.29, 0.717) is 95.1 Å². The first-order valence-corrected chi connectivity index (χ1v) is 41.6. The maximum absolute atomic E-state index is 14.4. The number of esters is 1. The van der Waals surface area contributed by atoms with E-state index in [1.807, 2.05) is 50.4 Å². The Kier molecular flexibility index (Phi) is 43.9. The number of carbonyl (C=O) groups is 11. The number of aryl methyl sites for hydroxylation is 1. The normalized spacial score (nSPS) is 18.8. The van der Waals surface area contributed by atoms with Gasteiger partial charge in [-0.15, -0.1) is 0 Å². The number of aromatic nitrogens is 1. The Bertz CT molecular complexity index is 4110. The van der Waals surface area contributed by atoms with E-state index in [2.05, 4.69) is 47.9 Å². The number of halogens is 1. The summed E-state index contributed by atoms with van der Waals surface area (Å²) in [6.07, 6.45) is 0.591. The van der Waals surface area contributed by atoms with E-state index >= 15 is 0 Å². The molecule has 2 aliphatic heterocycles. The van der Waals surface area contributed by atoms with E-state index in [4.69, 9.17) is 75.2 Å². The number of nitrogens with two attached hydrogens (primary N) is 2. The lowest BCUT2D eigenvalue weighted by Crippen LogP contribution is -2.54. The molecule has 0 aliphatic carbocycles. The summed E-state index contributed by atoms with van der Waals surface area (Å²) in [4.78, 5) is 149. The number of carbonyl (C=O) groups excluding carboxylic acids is 11. The zero-order valence-electron chi connectivity index (χ0n) is 72.0. The van der Waals surface area contributed by atoms with E-state index < -0.39 is 120 Å². The number of hydrogen-bond donors (Lipinski definition) is 10. The van der Waals surface area contributed by atoms with Gasteiger partial charge in [0.25, 0.3) is 0 Å². The molecule has 0 spiro atoms. The van der Waals surface area contributed by atoms with Gasteiger partial charge in [0.05, 0.1) is 117 Å². The van der Waals surface area contributed by atoms with Crippen LogP contribution in [0.25, 0.3) is 10.9 Å². The van der Waals surface area contributed by atoms with Crippen LogP contribution in [-0.4, -0.2) is 274 Å². The van der Waals surface area contributed by atoms with Crippen molar-refractivity contribution in [2.75, 3.05) is 151 Å². The van der Waals surface area contributed by atoms with Crippen LogP contribution in [0.15, 0.2) is 90.5 Å². The largest absolute Gasteiger partial charge is 0.495 e. The molecule has 0 radical (unpaired) electrons. The minimum Gasteiger partial charge on any atom is -0.495 e. The number of likely N-dealkylation sites (N-methyl/N-ethyl adjacent to an activating group) is 1. The van der Waals surface area contributed by atoms with Gasteiger partial charge in [-0.3, -0.25) is 33.6 Å². The molecule has 4 aromatic rings. The number of anilines is 2. The number of benzene rings is 3. The lowest BCUT2D eigenvalue weighted by molar-refractivity contribution is -0.162. The van der Waals surface area contributed by atoms with Crippen molar-refractivity contribution in [1.82, 2.24) is 46.3 Å². The average molecular weight is 1730 g/mol. The van der Waals surface area contributed by atoms with Crippen molar-refractivity contribution in [2.24, 2.45) is 23.3 Å². The molecule has 122 heavy (non-hydrogen) atoms. The van der Waals surface area contributed by atoms with Gasteiger partial charge >= 0.3 is 24.2 Å². The molecule has 1 aromatic heterocycles. The van der Waals surface area contributed by atoms with Crippen molar-refractivity contribution in [3.8, 4) is 5.75 Å². The van der Waals surface area contributed by atoms with Gasteiger partial charge < -0.3 is 125 Å². The first-order valence-electron chi connectivity index (χ1n) is 41.2. The van der Waals surface area contributed by atoms with Gasteiger partial charge in [0.15, 0.2) is 0 Å². The molecule has 1 saturated heterocycles. The summed E-state index contributed by atoms with van der Waals surface area (Å²) >= 11 is 6.83. The zero-order chi connectivity index (χ0) is 89.3. The Morgan fingerprint density at radius 2 is 1.40 bits per heavy atom. The fourth-order valence-corrected chi connectivity index (χ4v) is 13.7. The number of rotatable bonds is 49. The highest BCUT2D eigenvalue weighted by Gasteiger charge is 2.63. The Morgan fingerprint density at radius 3 is 2.03 bits per heavy atom. The number of epoxide rings is 1. The number of ether oxygens (including phenoxy) is 11. The van der Waals surface area contributed by atoms with Crippen molar-refractivity contribution in [3.63, 3.8) is 0 Å². The predicted octanol–water partition coefficient (Wildman–Crippen LogP) is 5.47. The fourth-order valence-electron chi connectivity index (χ4n) is 13.4. The number of aliphatic hydroxyl groups is 1. The van der Waals surface area contributed by atoms with Crippen LogP contribution in [0.1, 0.15) is 116 Å². The highest BCUT2D eigenvalue weighted by atomic mass is 35.5. The number of methoxy groups -OCH3 is 1. The van der Waals surface area contributed by atoms with Crippen molar-refractivity contribution >= 4 is 99.4 Å². The van der Waals surface area contributed by atoms with Crippen molar-refractivity contribution in [2.45, 2.75) is 174 Å². The molecule has 2 aliphatic rings. The number of fused-ring (bicyclic) bond motifs is 4. The molecule has 9 atom stereocenters. The van der Waals surface area contributed by atoms with Gasteiger partial charge in [-0.2, -0.15) is 0 Å². The maximum Gasteiger partial charge on any atom is 0.409 e. The van der Waals surface area contributed by atoms with Crippen molar-refractivity contribution in [3.05, 3.63) is 112 Å². The predicted molar refractivity (Wildman–Crippen MR) is 454 cm³/mol. The van der Waals surface area contributed by atoms with Gasteiger partial charge in [-0.1, -0.05) is 86.5 Å². The molecule has 11 amide bonds. The number of primary amides is 2. The van der Waals surface area contributed by atoms with Crippen molar-refractivity contribution < 1.29 is 110 Å². The third-order valence-electron chi connectivity index (χ3n) is 20.6. The van der Waals surface area contributed by atoms with Gasteiger partial charge in [0.1, 0.15) is 53.3 Å². The summed E-state index contributed by atoms with van der Waals surface area (Å²) in [5.74, 6) is -4.73. The first kappa shape index (κ1) is 101. The number of allylic oxidation sites excluding steroid dienone is 3. The Morgan fingerprint density at radius 1 is 0.754 bits per heavy atom. The van der Waals surface area contributed by atoms with Crippen LogP contribution in [-0.2, 0) is 112 Å². The molecular weight excluding hydrogens is 1610 g/mol. The van der Waals surface area contributed by atoms with Gasteiger partial charge in [0.2, 0.25) is 41.4 Å². The Hall–Kier alpha value is -10.0. The lowest BCUT2D eigenvalue weighted by Gasteiger charge is -2.30. The first-order chi connectivity index (χ1) is 58.3. The molecule has 676 valence electrons. The van der Waals surface area contributed by atoms with Crippen LogP contribution in [0.5, 0.6) is 5.75 Å². The number of aliphatic hydroxyl groups excluding tert-OH is 1. The smallest absolute Gasteiger partial charge is 0.409 e. The second kappa shape index (κ2) is 53.1. The molecule has 36 nitrogen and oxygen atoms in total. The van der Waals surface area contributed by atoms with Crippen LogP contribution >= 0.6 is 11.6 Å². The Balaban J connectivity index is 0.837. The topological polar surface area (TPSA) is 464 Å². The van der Waals surface area contributed by atoms with Crippen LogP contribution in [0.3, 0.4) is 0 Å². The van der Waals surface area contributed by atoms with Crippen LogP contribution in [0.2, 0.25) is 5.02 Å². The summed E-state index contributed by atoms with van der Waals surface area (Å²) < 4.78 is 64.5. The second-order valence-corrected chi connectivity index (χ2v) is 30.8. The van der Waals surface area contributed by atoms with Crippen LogP contribution in [0, 0.1) is 11.8 Å². The third kappa shape index (κ3) is 34.7. The molecule has 6 rings (SSSR count). The molecule has 0 saturated carbocycles. The minimum atomic E-state index is -1.34. The summed E-state index contributed by atoms with van der Waals surface area (Å²) in [7, 11) is 7.79. The van der Waals surface area contributed by atoms with Crippen LogP contribution < -0.4 is 58.3 Å². The number of nitrogens with one attached hydrogen (secondary N) is 7. The summed E-state index contributed by atoms with van der Waals surface area (Å²) in [5.41, 5.74) is 14.5. The number of nitrogens with zero attached hydrogens (tertiary/aromatic N) is 4. The van der Waals surface area contributed by atoms with Gasteiger partial charge in [0, 0.05) is 102 Å². The third-order valence-corrected chi connectivity index (χ3v) is 20.9. The number of urea groups is 1. The van der Waals surface area contributed by atoms with E-state index in [0.717, 1.165) is 27.7 Å². The Labute approximate surface area is 718 Å². The summed E-state index contributed by atoms with van der Waals surface area (Å²) in [6, 6.07) is 16.0. The van der Waals surface area contributed by atoms with E-state index in [1.165, 1.54) is 49.9 Å². The highest BCUT2D eigenvalue weighted by Crippen LogP contribution is 2.49. The number of para-hydroxylation sites is 1. The van der Waals surface area contributed by atoms with E-state index in [1.54, 1.807) is 70.2 Å². The highest BCUT2D eigenvalue weighted by molar-refractivity contribution is 6.35. The average Bonchev–Trinajstić information content (AvgIpc) is 1.58. The van der Waals surface area contributed by atoms with Crippen LogP contribution in [0.4, 0.5) is 25.8 Å². The zero-order valence-corrected chi connectivity index (χ0v) is 72.8. The standard InChI is InChI=1S/C85H126ClN13O23/c1-55(2)77(95-72(102)29-34-113-36-38-115-40-42-117-44-45-118-43-41-116-39-37-114-35-31-90-73(103)53-92-71(101)28-33-99-63(52-89-7)49-61-19-13-15-22-66(61)99)80(107)94-65(21-16-30-91-82(87)109)79(106)93-62-26-24-59(25-27-62)54-119-84(111)96(8)32-17-23-74(104)97(9)58(5)81(108)121-70-51-75(105)98(10)67-47-60(48-69(112-11)76(67)86)46-56(3)18-12-14-20-64(100)50-68(120-83(88)110)57(4)78-85(70,6)122-78/h12-15,18-19,22,24-27,47-49,55,57-58,64-65,68,70,77-78,89,100H,16-17,20-21,23,28-46,50-54H2,1-11H3,(H2,88,110)(H,90,103)(H,92,101)(H,93,106)(H,94,107)(H,95,102)(H3,87,91,109)/b14-12+,56-18+/t57-,58+,64?,65+,68+,70+,77+,78?,85+/m1/s1. The summed E-state index contributed by atoms with van der Waals surface area (Å²) in [6.45, 7) is 15.1. The van der Waals surface area contributed by atoms with E-state index in [9.17, 15) is 57.8 Å². The SMILES string of the molecule is CNCc1cc2ccccc2n1CCC(=O)NCC(=O)NCCOCCOCCOCCOCCOCCOCCC(=O)N[C@H](C(=O)N[C@@H](CCCNC(N)=O)C(=O)Nc1ccc(COC(=O)N(C)CCCC(=O)N(C)[C@@H](C)C(=O)O[C@H]2CC(=O)N(C)c3cc(cc(OC)c3Cl)C/C(C)=C/C=C/CC(O)C[C@H](OC(N)=O)[C@@H](C)C3O[C@]32C)cc1)C(C)C. The second-order valence-electron chi connectivity index (χ2n) is 30.4. The van der Waals surface area contributed by atoms with Crippen molar-refractivity contribution in [1.29, 1.82) is 0 Å². The molecular formula is C85H126ClN13O23. The molecule has 2 unspecified atom stereocenters. The molecule has 3 heterocycles. The lowest BCUT2D eigenvalue weighted by atomic mass is 9.86. The summed E-state index contributed by atoms with van der Waals surface area (Å²) in [5, 5.41) is 31.7. The van der Waals surface area contributed by atoms with Gasteiger partial charge in [-0.25, -0.2) is 19.2 Å². The molecule has 1 fully saturated rings. The monoisotopic (exact) mass is 1730 g/mol. The number of hydrogen-bond acceptors (Lipinski definition) is 24. The minimum absolute atomic E-state index is 0.0102. The quantitative estimate of drug-likeness (QED) is 0.0113. The molecule has 3 aromatic carbocycles. The van der Waals surface area contributed by atoms with Gasteiger partial charge in [-0.05, 0) is 119 Å².